The molecule has 1 fully saturated rings. The minimum absolute atomic E-state index is 0.235. The van der Waals surface area contributed by atoms with Crippen LogP contribution >= 0.6 is 0 Å². The van der Waals surface area contributed by atoms with E-state index in [-0.39, 0.29) is 12.6 Å². The Morgan fingerprint density at radius 1 is 1.35 bits per heavy atom. The molecule has 3 nitrogen and oxygen atoms in total. The average molecular weight is 277 g/mol. The van der Waals surface area contributed by atoms with Gasteiger partial charge in [-0.3, -0.25) is 0 Å². The summed E-state index contributed by atoms with van der Waals surface area (Å²) in [5.41, 5.74) is 1.37. The van der Waals surface area contributed by atoms with Crippen LogP contribution < -0.4 is 10.1 Å². The zero-order valence-corrected chi connectivity index (χ0v) is 12.8. The van der Waals surface area contributed by atoms with E-state index in [4.69, 9.17) is 4.74 Å². The summed E-state index contributed by atoms with van der Waals surface area (Å²) in [5, 5.41) is 13.0. The van der Waals surface area contributed by atoms with Gasteiger partial charge in [-0.15, -0.1) is 0 Å². The third-order valence-electron chi connectivity index (χ3n) is 4.15. The van der Waals surface area contributed by atoms with Crippen LogP contribution in [0.25, 0.3) is 0 Å². The summed E-state index contributed by atoms with van der Waals surface area (Å²) in [6, 6.07) is 9.15. The largest absolute Gasteiger partial charge is 0.497 e. The molecule has 0 aliphatic heterocycles. The molecule has 0 bridgehead atoms. The maximum atomic E-state index is 9.42. The highest BCUT2D eigenvalue weighted by molar-refractivity contribution is 5.32. The quantitative estimate of drug-likeness (QED) is 0.805. The van der Waals surface area contributed by atoms with Gasteiger partial charge < -0.3 is 15.2 Å². The van der Waals surface area contributed by atoms with Gasteiger partial charge in [-0.25, -0.2) is 0 Å². The fourth-order valence-electron chi connectivity index (χ4n) is 3.02. The number of hydrogen-bond donors (Lipinski definition) is 2. The Kier molecular flexibility index (Phi) is 5.44. The molecule has 1 aliphatic carbocycles. The molecule has 1 aliphatic rings. The fourth-order valence-corrected chi connectivity index (χ4v) is 3.02. The molecule has 0 amide bonds. The van der Waals surface area contributed by atoms with Crippen LogP contribution in [0.15, 0.2) is 24.3 Å². The molecule has 1 aromatic rings. The van der Waals surface area contributed by atoms with Crippen LogP contribution in [-0.4, -0.2) is 30.9 Å². The Labute approximate surface area is 122 Å². The summed E-state index contributed by atoms with van der Waals surface area (Å²) in [6.07, 6.45) is 3.35. The Balaban J connectivity index is 1.81. The Morgan fingerprint density at radius 3 is 2.70 bits per heavy atom. The van der Waals surface area contributed by atoms with Gasteiger partial charge in [0.05, 0.1) is 13.7 Å². The number of ether oxygens (including phenoxy) is 1. The normalized spacial score (nSPS) is 23.4. The van der Waals surface area contributed by atoms with Gasteiger partial charge in [0.1, 0.15) is 5.75 Å². The van der Waals surface area contributed by atoms with Crippen molar-refractivity contribution in [2.45, 2.75) is 51.1 Å². The number of aliphatic hydroxyl groups is 1. The van der Waals surface area contributed by atoms with Gasteiger partial charge >= 0.3 is 0 Å². The number of benzene rings is 1. The minimum atomic E-state index is 0.235. The van der Waals surface area contributed by atoms with Crippen LogP contribution in [-0.2, 0) is 0 Å². The summed E-state index contributed by atoms with van der Waals surface area (Å²) < 4.78 is 5.28. The molecule has 20 heavy (non-hydrogen) atoms. The summed E-state index contributed by atoms with van der Waals surface area (Å²) in [6.45, 7) is 4.63. The van der Waals surface area contributed by atoms with Crippen molar-refractivity contribution in [3.8, 4) is 5.75 Å². The van der Waals surface area contributed by atoms with E-state index in [0.29, 0.717) is 17.9 Å². The number of methoxy groups -OCH3 is 1. The lowest BCUT2D eigenvalue weighted by molar-refractivity contribution is 0.181. The van der Waals surface area contributed by atoms with Gasteiger partial charge in [0.15, 0.2) is 0 Å². The maximum absolute atomic E-state index is 9.42. The highest BCUT2D eigenvalue weighted by Gasteiger charge is 2.31. The molecule has 1 saturated carbocycles. The summed E-state index contributed by atoms with van der Waals surface area (Å²) in [4.78, 5) is 0. The van der Waals surface area contributed by atoms with Gasteiger partial charge in [-0.05, 0) is 48.8 Å². The molecule has 3 heteroatoms. The second-order valence-electron chi connectivity index (χ2n) is 6.32. The zero-order chi connectivity index (χ0) is 14.5. The third kappa shape index (κ3) is 3.97. The van der Waals surface area contributed by atoms with Crippen molar-refractivity contribution in [2.24, 2.45) is 5.92 Å². The van der Waals surface area contributed by atoms with E-state index < -0.39 is 0 Å². The molecule has 1 unspecified atom stereocenters. The molecule has 1 atom stereocenters. The fraction of sp³-hybridized carbons (Fsp3) is 0.647. The standard InChI is InChI=1S/C17H27NO2/c1-12(2)7-16(11-19)18-15-8-14(9-15)13-5-4-6-17(10-13)20-3/h4-6,10,12,14-16,18-19H,7-9,11H2,1-3H3. The molecule has 0 spiro atoms. The van der Waals surface area contributed by atoms with E-state index in [1.807, 2.05) is 6.07 Å². The van der Waals surface area contributed by atoms with E-state index in [1.54, 1.807) is 7.11 Å². The first-order valence-electron chi connectivity index (χ1n) is 7.63. The molecule has 0 aromatic heterocycles. The predicted molar refractivity (Wildman–Crippen MR) is 82.2 cm³/mol. The number of aliphatic hydroxyl groups excluding tert-OH is 1. The maximum Gasteiger partial charge on any atom is 0.119 e. The third-order valence-corrected chi connectivity index (χ3v) is 4.15. The molecule has 112 valence electrons. The molecular weight excluding hydrogens is 250 g/mol. The smallest absolute Gasteiger partial charge is 0.119 e. The van der Waals surface area contributed by atoms with Crippen molar-refractivity contribution in [2.75, 3.05) is 13.7 Å². The molecule has 2 rings (SSSR count). The van der Waals surface area contributed by atoms with Gasteiger partial charge in [-0.2, -0.15) is 0 Å². The van der Waals surface area contributed by atoms with E-state index in [9.17, 15) is 5.11 Å². The monoisotopic (exact) mass is 277 g/mol. The lowest BCUT2D eigenvalue weighted by atomic mass is 9.75. The van der Waals surface area contributed by atoms with Crippen molar-refractivity contribution >= 4 is 0 Å². The molecule has 0 radical (unpaired) electrons. The van der Waals surface area contributed by atoms with Gasteiger partial charge in [-0.1, -0.05) is 26.0 Å². The van der Waals surface area contributed by atoms with Crippen molar-refractivity contribution in [1.29, 1.82) is 0 Å². The molecule has 2 N–H and O–H groups in total. The average Bonchev–Trinajstić information content (AvgIpc) is 2.40. The lowest BCUT2D eigenvalue weighted by Gasteiger charge is -2.39. The lowest BCUT2D eigenvalue weighted by Crippen LogP contribution is -2.47. The summed E-state index contributed by atoms with van der Waals surface area (Å²) >= 11 is 0. The molecular formula is C17H27NO2. The van der Waals surface area contributed by atoms with Crippen LogP contribution in [0.2, 0.25) is 0 Å². The molecule has 0 heterocycles. The molecule has 1 aromatic carbocycles. The Hall–Kier alpha value is -1.06. The highest BCUT2D eigenvalue weighted by Crippen LogP contribution is 2.38. The SMILES string of the molecule is COc1cccc(C2CC(NC(CO)CC(C)C)C2)c1. The van der Waals surface area contributed by atoms with Crippen LogP contribution in [0.3, 0.4) is 0 Å². The topological polar surface area (TPSA) is 41.5 Å². The predicted octanol–water partition coefficient (Wildman–Crippen LogP) is 2.94. The van der Waals surface area contributed by atoms with Crippen LogP contribution in [0.5, 0.6) is 5.75 Å². The zero-order valence-electron chi connectivity index (χ0n) is 12.8. The van der Waals surface area contributed by atoms with E-state index in [0.717, 1.165) is 25.0 Å². The second kappa shape index (κ2) is 7.09. The van der Waals surface area contributed by atoms with Crippen molar-refractivity contribution in [1.82, 2.24) is 5.32 Å². The van der Waals surface area contributed by atoms with Gasteiger partial charge in [0.2, 0.25) is 0 Å². The van der Waals surface area contributed by atoms with Crippen LogP contribution in [0.1, 0.15) is 44.6 Å². The Morgan fingerprint density at radius 2 is 2.10 bits per heavy atom. The van der Waals surface area contributed by atoms with Gasteiger partial charge in [0, 0.05) is 12.1 Å². The molecule has 0 saturated heterocycles. The van der Waals surface area contributed by atoms with Crippen molar-refractivity contribution in [3.05, 3.63) is 29.8 Å². The Bertz CT molecular complexity index is 413. The summed E-state index contributed by atoms with van der Waals surface area (Å²) in [5.74, 6) is 2.18. The van der Waals surface area contributed by atoms with Crippen LogP contribution in [0, 0.1) is 5.92 Å². The first-order valence-corrected chi connectivity index (χ1v) is 7.63. The number of hydrogen-bond acceptors (Lipinski definition) is 3. The van der Waals surface area contributed by atoms with E-state index in [2.05, 4.69) is 37.4 Å². The number of rotatable bonds is 7. The summed E-state index contributed by atoms with van der Waals surface area (Å²) in [7, 11) is 1.71. The minimum Gasteiger partial charge on any atom is -0.497 e. The van der Waals surface area contributed by atoms with Crippen molar-refractivity contribution < 1.29 is 9.84 Å². The van der Waals surface area contributed by atoms with Crippen LogP contribution in [0.4, 0.5) is 0 Å². The first kappa shape index (κ1) is 15.3. The van der Waals surface area contributed by atoms with Crippen molar-refractivity contribution in [3.63, 3.8) is 0 Å². The second-order valence-corrected chi connectivity index (χ2v) is 6.32. The first-order chi connectivity index (χ1) is 9.62. The number of nitrogens with one attached hydrogen (secondary N) is 1. The van der Waals surface area contributed by atoms with E-state index in [1.165, 1.54) is 5.56 Å². The van der Waals surface area contributed by atoms with E-state index >= 15 is 0 Å². The highest BCUT2D eigenvalue weighted by atomic mass is 16.5. The van der Waals surface area contributed by atoms with Gasteiger partial charge in [0.25, 0.3) is 0 Å².